The number of anilines is 1. The molecule has 0 aliphatic carbocycles. The number of hydrogen-bond acceptors (Lipinski definition) is 3. The van der Waals surface area contributed by atoms with Crippen LogP contribution in [0.15, 0.2) is 18.6 Å². The average molecular weight is 219 g/mol. The van der Waals surface area contributed by atoms with Crippen molar-refractivity contribution in [3.8, 4) is 0 Å². The Kier molecular flexibility index (Phi) is 2.94. The molecule has 2 heterocycles. The van der Waals surface area contributed by atoms with Gasteiger partial charge in [-0.3, -0.25) is 9.36 Å². The van der Waals surface area contributed by atoms with Crippen molar-refractivity contribution in [3.63, 3.8) is 0 Å². The minimum atomic E-state index is 0.783. The van der Waals surface area contributed by atoms with Crippen LogP contribution in [0.4, 0.5) is 5.69 Å². The number of rotatable bonds is 4. The first-order valence-electron chi connectivity index (χ1n) is 5.44. The lowest BCUT2D eigenvalue weighted by Gasteiger charge is -2.07. The topological polar surface area (TPSA) is 47.7 Å². The van der Waals surface area contributed by atoms with Gasteiger partial charge in [0.05, 0.1) is 30.3 Å². The molecule has 0 aliphatic rings. The molecule has 5 nitrogen and oxygen atoms in total. The second kappa shape index (κ2) is 4.38. The van der Waals surface area contributed by atoms with Crippen molar-refractivity contribution >= 4 is 5.69 Å². The van der Waals surface area contributed by atoms with E-state index in [1.54, 1.807) is 4.68 Å². The summed E-state index contributed by atoms with van der Waals surface area (Å²) in [6.07, 6.45) is 5.69. The van der Waals surface area contributed by atoms with Gasteiger partial charge in [0.2, 0.25) is 0 Å². The largest absolute Gasteiger partial charge is 0.377 e. The van der Waals surface area contributed by atoms with Crippen molar-refractivity contribution < 1.29 is 0 Å². The third-order valence-corrected chi connectivity index (χ3v) is 2.62. The maximum atomic E-state index is 4.31. The molecular weight excluding hydrogens is 202 g/mol. The van der Waals surface area contributed by atoms with Crippen LogP contribution in [-0.4, -0.2) is 19.6 Å². The number of aromatic nitrogens is 4. The van der Waals surface area contributed by atoms with Gasteiger partial charge in [0.1, 0.15) is 0 Å². The summed E-state index contributed by atoms with van der Waals surface area (Å²) >= 11 is 0. The third kappa shape index (κ3) is 2.08. The van der Waals surface area contributed by atoms with Crippen molar-refractivity contribution in [1.82, 2.24) is 19.6 Å². The van der Waals surface area contributed by atoms with E-state index in [9.17, 15) is 0 Å². The predicted octanol–water partition coefficient (Wildman–Crippen LogP) is 1.56. The van der Waals surface area contributed by atoms with Gasteiger partial charge in [-0.15, -0.1) is 0 Å². The molecule has 5 heteroatoms. The van der Waals surface area contributed by atoms with E-state index in [1.807, 2.05) is 30.3 Å². The van der Waals surface area contributed by atoms with Crippen LogP contribution in [0.5, 0.6) is 0 Å². The fourth-order valence-corrected chi connectivity index (χ4v) is 1.71. The van der Waals surface area contributed by atoms with E-state index in [-0.39, 0.29) is 0 Å². The Bertz CT molecular complexity index is 468. The van der Waals surface area contributed by atoms with Gasteiger partial charge in [-0.1, -0.05) is 0 Å². The molecule has 16 heavy (non-hydrogen) atoms. The molecule has 0 atom stereocenters. The van der Waals surface area contributed by atoms with Gasteiger partial charge in [0, 0.05) is 19.8 Å². The first-order chi connectivity index (χ1) is 7.70. The Labute approximate surface area is 95.1 Å². The normalized spacial score (nSPS) is 10.7. The second-order valence-electron chi connectivity index (χ2n) is 3.85. The molecule has 0 amide bonds. The van der Waals surface area contributed by atoms with Gasteiger partial charge < -0.3 is 5.32 Å². The van der Waals surface area contributed by atoms with Crippen LogP contribution in [0, 0.1) is 6.92 Å². The summed E-state index contributed by atoms with van der Waals surface area (Å²) in [5.41, 5.74) is 3.48. The quantitative estimate of drug-likeness (QED) is 0.848. The highest BCUT2D eigenvalue weighted by Crippen LogP contribution is 2.11. The molecule has 0 saturated heterocycles. The van der Waals surface area contributed by atoms with Gasteiger partial charge in [-0.25, -0.2) is 0 Å². The zero-order valence-electron chi connectivity index (χ0n) is 9.94. The molecule has 2 aromatic rings. The number of nitrogens with one attached hydrogen (secondary N) is 1. The first kappa shape index (κ1) is 10.7. The smallest absolute Gasteiger partial charge is 0.0729 e. The highest BCUT2D eigenvalue weighted by atomic mass is 15.3. The molecule has 0 aliphatic heterocycles. The maximum Gasteiger partial charge on any atom is 0.0729 e. The number of nitrogens with zero attached hydrogens (tertiary/aromatic N) is 4. The van der Waals surface area contributed by atoms with E-state index in [0.29, 0.717) is 0 Å². The molecule has 0 saturated carbocycles. The van der Waals surface area contributed by atoms with Crippen LogP contribution >= 0.6 is 0 Å². The minimum absolute atomic E-state index is 0.783. The van der Waals surface area contributed by atoms with Gasteiger partial charge in [0.15, 0.2) is 0 Å². The Morgan fingerprint density at radius 1 is 1.31 bits per heavy atom. The molecule has 2 aromatic heterocycles. The minimum Gasteiger partial charge on any atom is -0.377 e. The van der Waals surface area contributed by atoms with Gasteiger partial charge >= 0.3 is 0 Å². The molecule has 0 fully saturated rings. The summed E-state index contributed by atoms with van der Waals surface area (Å²) in [5, 5.41) is 11.8. The van der Waals surface area contributed by atoms with Crippen molar-refractivity contribution in [2.45, 2.75) is 26.9 Å². The van der Waals surface area contributed by atoms with Crippen molar-refractivity contribution in [2.24, 2.45) is 7.05 Å². The molecule has 2 rings (SSSR count). The lowest BCUT2D eigenvalue weighted by molar-refractivity contribution is 0.626. The molecule has 0 unspecified atom stereocenters. The fourth-order valence-electron chi connectivity index (χ4n) is 1.71. The zero-order chi connectivity index (χ0) is 11.5. The van der Waals surface area contributed by atoms with E-state index >= 15 is 0 Å². The highest BCUT2D eigenvalue weighted by molar-refractivity contribution is 5.39. The lowest BCUT2D eigenvalue weighted by atomic mass is 10.2. The summed E-state index contributed by atoms with van der Waals surface area (Å²) in [5.74, 6) is 0. The fraction of sp³-hybridized carbons (Fsp3) is 0.455. The van der Waals surface area contributed by atoms with Crippen LogP contribution in [0.1, 0.15) is 18.2 Å². The van der Waals surface area contributed by atoms with Crippen LogP contribution in [0.3, 0.4) is 0 Å². The average Bonchev–Trinajstić information content (AvgIpc) is 2.82. The van der Waals surface area contributed by atoms with Crippen LogP contribution in [0.2, 0.25) is 0 Å². The van der Waals surface area contributed by atoms with Crippen molar-refractivity contribution in [2.75, 3.05) is 5.32 Å². The summed E-state index contributed by atoms with van der Waals surface area (Å²) in [6, 6.07) is 0. The second-order valence-corrected chi connectivity index (χ2v) is 3.85. The predicted molar refractivity (Wildman–Crippen MR) is 63.2 cm³/mol. The summed E-state index contributed by atoms with van der Waals surface area (Å²) in [6.45, 7) is 5.86. The van der Waals surface area contributed by atoms with Gasteiger partial charge in [-0.2, -0.15) is 10.2 Å². The van der Waals surface area contributed by atoms with Gasteiger partial charge in [0.25, 0.3) is 0 Å². The van der Waals surface area contributed by atoms with E-state index in [4.69, 9.17) is 0 Å². The molecule has 86 valence electrons. The molecule has 0 spiro atoms. The van der Waals surface area contributed by atoms with Crippen LogP contribution in [-0.2, 0) is 20.1 Å². The zero-order valence-corrected chi connectivity index (χ0v) is 9.94. The Morgan fingerprint density at radius 3 is 2.75 bits per heavy atom. The molecular formula is C11H17N5. The maximum absolute atomic E-state index is 4.31. The van der Waals surface area contributed by atoms with Crippen molar-refractivity contribution in [3.05, 3.63) is 29.8 Å². The monoisotopic (exact) mass is 219 g/mol. The van der Waals surface area contributed by atoms with Crippen molar-refractivity contribution in [1.29, 1.82) is 0 Å². The Balaban J connectivity index is 2.06. The van der Waals surface area contributed by atoms with Crippen LogP contribution < -0.4 is 5.32 Å². The molecule has 0 aromatic carbocycles. The van der Waals surface area contributed by atoms with E-state index in [2.05, 4.69) is 29.4 Å². The Morgan fingerprint density at radius 2 is 2.12 bits per heavy atom. The summed E-state index contributed by atoms with van der Waals surface area (Å²) < 4.78 is 3.80. The Hall–Kier alpha value is -1.78. The van der Waals surface area contributed by atoms with Crippen LogP contribution in [0.25, 0.3) is 0 Å². The molecule has 0 bridgehead atoms. The SMILES string of the molecule is CCn1ncc(C)c1CNc1cnn(C)c1. The van der Waals surface area contributed by atoms with E-state index < -0.39 is 0 Å². The molecule has 0 radical (unpaired) electrons. The number of hydrogen-bond donors (Lipinski definition) is 1. The third-order valence-electron chi connectivity index (χ3n) is 2.62. The standard InChI is InChI=1S/C11H17N5/c1-4-16-11(9(2)5-14-16)7-12-10-6-13-15(3)8-10/h5-6,8,12H,4,7H2,1-3H3. The summed E-state index contributed by atoms with van der Waals surface area (Å²) in [4.78, 5) is 0. The van der Waals surface area contributed by atoms with E-state index in [0.717, 1.165) is 18.8 Å². The summed E-state index contributed by atoms with van der Waals surface area (Å²) in [7, 11) is 1.91. The lowest BCUT2D eigenvalue weighted by Crippen LogP contribution is -2.08. The number of aryl methyl sites for hydroxylation is 3. The van der Waals surface area contributed by atoms with E-state index in [1.165, 1.54) is 11.3 Å². The first-order valence-corrected chi connectivity index (χ1v) is 5.44. The highest BCUT2D eigenvalue weighted by Gasteiger charge is 2.05. The molecule has 1 N–H and O–H groups in total. The van der Waals surface area contributed by atoms with Gasteiger partial charge in [-0.05, 0) is 19.4 Å².